The van der Waals surface area contributed by atoms with Crippen LogP contribution in [0.15, 0.2) is 83.8 Å². The lowest BCUT2D eigenvalue weighted by Gasteiger charge is -2.08. The fourth-order valence-corrected chi connectivity index (χ4v) is 4.14. The van der Waals surface area contributed by atoms with E-state index in [4.69, 9.17) is 4.74 Å². The molecule has 0 fully saturated rings. The van der Waals surface area contributed by atoms with Gasteiger partial charge in [0.15, 0.2) is 9.84 Å². The number of non-ortho nitro benzene ring substituents is 1. The van der Waals surface area contributed by atoms with E-state index in [0.717, 1.165) is 0 Å². The number of rotatable bonds is 8. The number of nitrogens with zero attached hydrogens (tertiary/aromatic N) is 1. The topological polar surface area (TPSA) is 104 Å². The lowest BCUT2D eigenvalue weighted by atomic mass is 10.1. The minimum atomic E-state index is -3.47. The zero-order valence-electron chi connectivity index (χ0n) is 15.9. The molecule has 7 nitrogen and oxygen atoms in total. The Kier molecular flexibility index (Phi) is 6.58. The Labute approximate surface area is 174 Å². The summed E-state index contributed by atoms with van der Waals surface area (Å²) >= 11 is 0. The summed E-state index contributed by atoms with van der Waals surface area (Å²) in [5, 5.41) is 10.6. The van der Waals surface area contributed by atoms with Crippen LogP contribution in [0.1, 0.15) is 16.7 Å². The van der Waals surface area contributed by atoms with Gasteiger partial charge in [0.05, 0.1) is 22.0 Å². The molecular weight excluding hydrogens is 406 g/mol. The molecule has 3 aromatic carbocycles. The third-order valence-corrected chi connectivity index (χ3v) is 6.08. The summed E-state index contributed by atoms with van der Waals surface area (Å²) < 4.78 is 30.3. The zero-order valence-corrected chi connectivity index (χ0v) is 16.7. The highest BCUT2D eigenvalue weighted by molar-refractivity contribution is 7.90. The Morgan fingerprint density at radius 1 is 0.833 bits per heavy atom. The molecule has 0 N–H and O–H groups in total. The summed E-state index contributed by atoms with van der Waals surface area (Å²) in [6.45, 7) is 0.00479. The van der Waals surface area contributed by atoms with Crippen molar-refractivity contribution in [3.8, 4) is 0 Å². The normalized spacial score (nSPS) is 11.1. The van der Waals surface area contributed by atoms with Gasteiger partial charge in [-0.2, -0.15) is 0 Å². The number of nitro benzene ring substituents is 1. The van der Waals surface area contributed by atoms with Crippen molar-refractivity contribution in [3.63, 3.8) is 0 Å². The zero-order chi connectivity index (χ0) is 21.6. The van der Waals surface area contributed by atoms with Crippen molar-refractivity contribution in [2.75, 3.05) is 0 Å². The number of sulfone groups is 1. The van der Waals surface area contributed by atoms with E-state index in [1.165, 1.54) is 36.4 Å². The molecule has 0 spiro atoms. The Hall–Kier alpha value is -3.52. The van der Waals surface area contributed by atoms with Gasteiger partial charge < -0.3 is 4.74 Å². The summed E-state index contributed by atoms with van der Waals surface area (Å²) in [7, 11) is -3.47. The van der Waals surface area contributed by atoms with Crippen molar-refractivity contribution in [2.45, 2.75) is 23.7 Å². The molecule has 8 heteroatoms. The second kappa shape index (κ2) is 9.32. The van der Waals surface area contributed by atoms with Crippen LogP contribution in [-0.2, 0) is 38.1 Å². The van der Waals surface area contributed by atoms with Crippen LogP contribution in [0, 0.1) is 10.1 Å². The number of hydrogen-bond donors (Lipinski definition) is 0. The molecule has 3 rings (SSSR count). The SMILES string of the molecule is O=C(Cc1ccc([N+](=O)[O-])cc1)OCc1ccc(S(=O)(=O)Cc2ccccc2)cc1. The van der Waals surface area contributed by atoms with Gasteiger partial charge in [-0.25, -0.2) is 8.42 Å². The van der Waals surface area contributed by atoms with E-state index in [0.29, 0.717) is 16.7 Å². The molecule has 0 amide bonds. The van der Waals surface area contributed by atoms with Gasteiger partial charge in [-0.3, -0.25) is 14.9 Å². The lowest BCUT2D eigenvalue weighted by Crippen LogP contribution is -2.08. The summed E-state index contributed by atoms with van der Waals surface area (Å²) in [6, 6.07) is 20.8. The molecule has 0 atom stereocenters. The monoisotopic (exact) mass is 425 g/mol. The van der Waals surface area contributed by atoms with E-state index in [9.17, 15) is 23.3 Å². The van der Waals surface area contributed by atoms with E-state index >= 15 is 0 Å². The van der Waals surface area contributed by atoms with Crippen LogP contribution >= 0.6 is 0 Å². The Morgan fingerprint density at radius 2 is 1.43 bits per heavy atom. The van der Waals surface area contributed by atoms with Crippen molar-refractivity contribution in [3.05, 3.63) is 106 Å². The van der Waals surface area contributed by atoms with Gasteiger partial charge in [0.25, 0.3) is 5.69 Å². The molecule has 0 bridgehead atoms. The van der Waals surface area contributed by atoms with Gasteiger partial charge in [0.2, 0.25) is 0 Å². The first kappa shape index (κ1) is 21.2. The average Bonchev–Trinajstić information content (AvgIpc) is 2.73. The number of hydrogen-bond acceptors (Lipinski definition) is 6. The quantitative estimate of drug-likeness (QED) is 0.308. The number of benzene rings is 3. The number of ether oxygens (including phenoxy) is 1. The summed E-state index contributed by atoms with van der Waals surface area (Å²) in [6.07, 6.45) is -0.0124. The van der Waals surface area contributed by atoms with E-state index in [2.05, 4.69) is 0 Å². The molecule has 0 saturated carbocycles. The van der Waals surface area contributed by atoms with Crippen LogP contribution < -0.4 is 0 Å². The van der Waals surface area contributed by atoms with E-state index < -0.39 is 20.7 Å². The Bertz CT molecular complexity index is 1120. The third-order valence-electron chi connectivity index (χ3n) is 4.38. The maximum atomic E-state index is 12.5. The van der Waals surface area contributed by atoms with E-state index in [1.54, 1.807) is 36.4 Å². The van der Waals surface area contributed by atoms with Crippen LogP contribution in [0.4, 0.5) is 5.69 Å². The van der Waals surface area contributed by atoms with Crippen LogP contribution in [0.2, 0.25) is 0 Å². The van der Waals surface area contributed by atoms with Crippen LogP contribution in [0.5, 0.6) is 0 Å². The number of carbonyl (C=O) groups excluding carboxylic acids is 1. The van der Waals surface area contributed by atoms with Crippen molar-refractivity contribution in [2.24, 2.45) is 0 Å². The van der Waals surface area contributed by atoms with Crippen molar-refractivity contribution >= 4 is 21.5 Å². The van der Waals surface area contributed by atoms with Crippen molar-refractivity contribution in [1.29, 1.82) is 0 Å². The first-order valence-electron chi connectivity index (χ1n) is 9.08. The second-order valence-corrected chi connectivity index (χ2v) is 8.64. The summed E-state index contributed by atoms with van der Waals surface area (Å²) in [4.78, 5) is 22.3. The lowest BCUT2D eigenvalue weighted by molar-refractivity contribution is -0.384. The highest BCUT2D eigenvalue weighted by Crippen LogP contribution is 2.18. The molecule has 154 valence electrons. The van der Waals surface area contributed by atoms with Crippen molar-refractivity contribution in [1.82, 2.24) is 0 Å². The molecular formula is C22H19NO6S. The third kappa shape index (κ3) is 5.74. The molecule has 3 aromatic rings. The van der Waals surface area contributed by atoms with Crippen LogP contribution in [0.25, 0.3) is 0 Å². The molecule has 30 heavy (non-hydrogen) atoms. The van der Waals surface area contributed by atoms with Gasteiger partial charge in [-0.15, -0.1) is 0 Å². The average molecular weight is 425 g/mol. The maximum Gasteiger partial charge on any atom is 0.310 e. The molecule has 0 aliphatic rings. The maximum absolute atomic E-state index is 12.5. The van der Waals surface area contributed by atoms with Crippen LogP contribution in [0.3, 0.4) is 0 Å². The first-order valence-corrected chi connectivity index (χ1v) is 10.7. The van der Waals surface area contributed by atoms with Crippen molar-refractivity contribution < 1.29 is 22.9 Å². The Balaban J connectivity index is 1.55. The van der Waals surface area contributed by atoms with Gasteiger partial charge in [-0.1, -0.05) is 54.6 Å². The molecule has 0 heterocycles. The largest absolute Gasteiger partial charge is 0.461 e. The second-order valence-electron chi connectivity index (χ2n) is 6.65. The molecule has 0 saturated heterocycles. The highest BCUT2D eigenvalue weighted by Gasteiger charge is 2.15. The minimum absolute atomic E-state index is 0.00479. The minimum Gasteiger partial charge on any atom is -0.461 e. The van der Waals surface area contributed by atoms with Gasteiger partial charge in [0, 0.05) is 12.1 Å². The highest BCUT2D eigenvalue weighted by atomic mass is 32.2. The van der Waals surface area contributed by atoms with Gasteiger partial charge in [-0.05, 0) is 28.8 Å². The van der Waals surface area contributed by atoms with E-state index in [-0.39, 0.29) is 29.4 Å². The molecule has 0 radical (unpaired) electrons. The molecule has 0 aliphatic heterocycles. The molecule has 0 unspecified atom stereocenters. The predicted molar refractivity (Wildman–Crippen MR) is 110 cm³/mol. The number of carbonyl (C=O) groups is 1. The standard InChI is InChI=1S/C22H19NO6S/c24-22(14-17-6-10-20(11-7-17)23(25)26)29-15-18-8-12-21(13-9-18)30(27,28)16-19-4-2-1-3-5-19/h1-13H,14-16H2. The Morgan fingerprint density at radius 3 is 2.03 bits per heavy atom. The molecule has 0 aliphatic carbocycles. The molecule has 0 aromatic heterocycles. The fourth-order valence-electron chi connectivity index (χ4n) is 2.79. The number of esters is 1. The van der Waals surface area contributed by atoms with E-state index in [1.807, 2.05) is 6.07 Å². The first-order chi connectivity index (χ1) is 14.3. The summed E-state index contributed by atoms with van der Waals surface area (Å²) in [5.74, 6) is -0.568. The fraction of sp³-hybridized carbons (Fsp3) is 0.136. The van der Waals surface area contributed by atoms with Gasteiger partial charge in [0.1, 0.15) is 6.61 Å². The van der Waals surface area contributed by atoms with Gasteiger partial charge >= 0.3 is 5.97 Å². The predicted octanol–water partition coefficient (Wildman–Crippen LogP) is 3.85. The smallest absolute Gasteiger partial charge is 0.310 e. The summed E-state index contributed by atoms with van der Waals surface area (Å²) in [5.41, 5.74) is 1.93. The van der Waals surface area contributed by atoms with Crippen LogP contribution in [-0.4, -0.2) is 19.3 Å². The number of nitro groups is 1.